The van der Waals surface area contributed by atoms with E-state index in [4.69, 9.17) is 4.74 Å². The molecule has 0 unspecified atom stereocenters. The number of rotatable bonds is 4. The van der Waals surface area contributed by atoms with E-state index < -0.39 is 0 Å². The zero-order chi connectivity index (χ0) is 14.7. The average Bonchev–Trinajstić information content (AvgIpc) is 3.04. The second-order valence-corrected chi connectivity index (χ2v) is 5.39. The Morgan fingerprint density at radius 2 is 2.14 bits per heavy atom. The van der Waals surface area contributed by atoms with Crippen LogP contribution in [0.25, 0.3) is 0 Å². The molecule has 0 aliphatic carbocycles. The first kappa shape index (κ1) is 13.9. The Morgan fingerprint density at radius 3 is 2.81 bits per heavy atom. The SMILES string of the molecule is COc1cc(CN2CCC(n3cncn3)CC2)ccc1O. The summed E-state index contributed by atoms with van der Waals surface area (Å²) in [4.78, 5) is 6.43. The van der Waals surface area contributed by atoms with E-state index in [1.165, 1.54) is 0 Å². The molecule has 21 heavy (non-hydrogen) atoms. The van der Waals surface area contributed by atoms with Crippen LogP contribution in [0.4, 0.5) is 0 Å². The zero-order valence-electron chi connectivity index (χ0n) is 12.1. The van der Waals surface area contributed by atoms with Gasteiger partial charge in [-0.15, -0.1) is 0 Å². The fourth-order valence-corrected chi connectivity index (χ4v) is 2.83. The number of piperidine rings is 1. The molecular weight excluding hydrogens is 268 g/mol. The van der Waals surface area contributed by atoms with Crippen LogP contribution in [0.1, 0.15) is 24.4 Å². The van der Waals surface area contributed by atoms with Crippen LogP contribution in [-0.4, -0.2) is 45.0 Å². The normalized spacial score (nSPS) is 17.0. The lowest BCUT2D eigenvalue weighted by molar-refractivity contribution is 0.173. The Bertz CT molecular complexity index is 577. The quantitative estimate of drug-likeness (QED) is 0.930. The summed E-state index contributed by atoms with van der Waals surface area (Å²) in [5, 5.41) is 13.9. The maximum Gasteiger partial charge on any atom is 0.160 e. The summed E-state index contributed by atoms with van der Waals surface area (Å²) >= 11 is 0. The van der Waals surface area contributed by atoms with Crippen molar-refractivity contribution < 1.29 is 9.84 Å². The van der Waals surface area contributed by atoms with Crippen molar-refractivity contribution in [3.63, 3.8) is 0 Å². The first-order valence-electron chi connectivity index (χ1n) is 7.18. The molecule has 1 aromatic heterocycles. The molecule has 1 saturated heterocycles. The summed E-state index contributed by atoms with van der Waals surface area (Å²) in [7, 11) is 1.57. The fraction of sp³-hybridized carbons (Fsp3) is 0.467. The van der Waals surface area contributed by atoms with Crippen molar-refractivity contribution >= 4 is 0 Å². The van der Waals surface area contributed by atoms with Crippen molar-refractivity contribution in [1.82, 2.24) is 19.7 Å². The van der Waals surface area contributed by atoms with Gasteiger partial charge in [-0.05, 0) is 30.5 Å². The first-order valence-corrected chi connectivity index (χ1v) is 7.18. The zero-order valence-corrected chi connectivity index (χ0v) is 12.1. The minimum atomic E-state index is 0.186. The number of hydrogen-bond donors (Lipinski definition) is 1. The maximum atomic E-state index is 9.63. The summed E-state index contributed by atoms with van der Waals surface area (Å²) in [6, 6.07) is 5.99. The molecule has 0 saturated carbocycles. The highest BCUT2D eigenvalue weighted by Gasteiger charge is 2.21. The van der Waals surface area contributed by atoms with E-state index in [9.17, 15) is 5.11 Å². The third kappa shape index (κ3) is 3.16. The molecule has 3 rings (SSSR count). The predicted molar refractivity (Wildman–Crippen MR) is 78.2 cm³/mol. The Labute approximate surface area is 124 Å². The van der Waals surface area contributed by atoms with Gasteiger partial charge in [-0.3, -0.25) is 4.90 Å². The van der Waals surface area contributed by atoms with Crippen LogP contribution < -0.4 is 4.74 Å². The molecule has 1 fully saturated rings. The molecule has 1 aromatic carbocycles. The van der Waals surface area contributed by atoms with Gasteiger partial charge in [0.15, 0.2) is 11.5 Å². The van der Waals surface area contributed by atoms with Crippen LogP contribution in [0.2, 0.25) is 0 Å². The largest absolute Gasteiger partial charge is 0.504 e. The number of hydrogen-bond acceptors (Lipinski definition) is 5. The molecule has 2 aromatic rings. The lowest BCUT2D eigenvalue weighted by Crippen LogP contribution is -2.34. The van der Waals surface area contributed by atoms with E-state index in [1.807, 2.05) is 16.8 Å². The lowest BCUT2D eigenvalue weighted by atomic mass is 10.0. The van der Waals surface area contributed by atoms with Crippen LogP contribution in [0.5, 0.6) is 11.5 Å². The monoisotopic (exact) mass is 288 g/mol. The molecule has 0 amide bonds. The standard InChI is InChI=1S/C15H20N4O2/c1-21-15-8-12(2-3-14(15)20)9-18-6-4-13(5-7-18)19-11-16-10-17-19/h2-3,8,10-11,13,20H,4-7,9H2,1H3. The molecule has 6 nitrogen and oxygen atoms in total. The van der Waals surface area contributed by atoms with Crippen LogP contribution in [0.15, 0.2) is 30.9 Å². The summed E-state index contributed by atoms with van der Waals surface area (Å²) < 4.78 is 7.11. The second kappa shape index (κ2) is 6.13. The van der Waals surface area contributed by atoms with Gasteiger partial charge in [0.2, 0.25) is 0 Å². The van der Waals surface area contributed by atoms with Crippen molar-refractivity contribution in [3.05, 3.63) is 36.4 Å². The van der Waals surface area contributed by atoms with Gasteiger partial charge in [-0.2, -0.15) is 5.10 Å². The summed E-state index contributed by atoms with van der Waals surface area (Å²) in [6.45, 7) is 2.95. The third-order valence-corrected chi connectivity index (χ3v) is 4.02. The van der Waals surface area contributed by atoms with Crippen molar-refractivity contribution in [2.45, 2.75) is 25.4 Å². The highest BCUT2D eigenvalue weighted by Crippen LogP contribution is 2.28. The molecule has 2 heterocycles. The van der Waals surface area contributed by atoms with Crippen LogP contribution in [0.3, 0.4) is 0 Å². The summed E-state index contributed by atoms with van der Waals surface area (Å²) in [5.74, 6) is 0.719. The molecule has 6 heteroatoms. The molecular formula is C15H20N4O2. The average molecular weight is 288 g/mol. The number of benzene rings is 1. The van der Waals surface area contributed by atoms with Gasteiger partial charge in [0.1, 0.15) is 12.7 Å². The van der Waals surface area contributed by atoms with Gasteiger partial charge in [0, 0.05) is 19.6 Å². The second-order valence-electron chi connectivity index (χ2n) is 5.39. The van der Waals surface area contributed by atoms with E-state index >= 15 is 0 Å². The van der Waals surface area contributed by atoms with E-state index in [1.54, 1.807) is 25.8 Å². The van der Waals surface area contributed by atoms with Gasteiger partial charge >= 0.3 is 0 Å². The highest BCUT2D eigenvalue weighted by atomic mass is 16.5. The molecule has 1 aliphatic rings. The molecule has 0 spiro atoms. The molecule has 1 aliphatic heterocycles. The van der Waals surface area contributed by atoms with E-state index in [-0.39, 0.29) is 5.75 Å². The van der Waals surface area contributed by atoms with E-state index in [2.05, 4.69) is 15.0 Å². The van der Waals surface area contributed by atoms with Crippen molar-refractivity contribution in [3.8, 4) is 11.5 Å². The minimum Gasteiger partial charge on any atom is -0.504 e. The predicted octanol–water partition coefficient (Wildman–Crippen LogP) is 1.83. The number of phenolic OH excluding ortho intramolecular Hbond substituents is 1. The van der Waals surface area contributed by atoms with Crippen molar-refractivity contribution in [1.29, 1.82) is 0 Å². The van der Waals surface area contributed by atoms with Crippen LogP contribution >= 0.6 is 0 Å². The Morgan fingerprint density at radius 1 is 1.33 bits per heavy atom. The number of ether oxygens (including phenoxy) is 1. The molecule has 112 valence electrons. The van der Waals surface area contributed by atoms with Gasteiger partial charge in [-0.1, -0.05) is 6.07 Å². The number of aromatic hydroxyl groups is 1. The summed E-state index contributed by atoms with van der Waals surface area (Å²) in [5.41, 5.74) is 1.16. The Kier molecular flexibility index (Phi) is 4.06. The van der Waals surface area contributed by atoms with Crippen LogP contribution in [-0.2, 0) is 6.54 Å². The van der Waals surface area contributed by atoms with Crippen molar-refractivity contribution in [2.75, 3.05) is 20.2 Å². The topological polar surface area (TPSA) is 63.4 Å². The maximum absolute atomic E-state index is 9.63. The summed E-state index contributed by atoms with van der Waals surface area (Å²) in [6.07, 6.45) is 5.55. The Hall–Kier alpha value is -2.08. The highest BCUT2D eigenvalue weighted by molar-refractivity contribution is 5.41. The van der Waals surface area contributed by atoms with E-state index in [0.29, 0.717) is 11.8 Å². The fourth-order valence-electron chi connectivity index (χ4n) is 2.83. The molecule has 1 N–H and O–H groups in total. The first-order chi connectivity index (χ1) is 10.3. The molecule has 0 atom stereocenters. The number of likely N-dealkylation sites (tertiary alicyclic amines) is 1. The minimum absolute atomic E-state index is 0.186. The lowest BCUT2D eigenvalue weighted by Gasteiger charge is -2.31. The number of methoxy groups -OCH3 is 1. The third-order valence-electron chi connectivity index (χ3n) is 4.02. The van der Waals surface area contributed by atoms with Gasteiger partial charge in [-0.25, -0.2) is 9.67 Å². The van der Waals surface area contributed by atoms with Gasteiger partial charge in [0.25, 0.3) is 0 Å². The van der Waals surface area contributed by atoms with E-state index in [0.717, 1.165) is 38.0 Å². The Balaban J connectivity index is 1.58. The molecule has 0 radical (unpaired) electrons. The van der Waals surface area contributed by atoms with Crippen LogP contribution in [0, 0.1) is 0 Å². The molecule has 0 bridgehead atoms. The number of phenols is 1. The van der Waals surface area contributed by atoms with Gasteiger partial charge < -0.3 is 9.84 Å². The number of nitrogens with zero attached hydrogens (tertiary/aromatic N) is 4. The van der Waals surface area contributed by atoms with Gasteiger partial charge in [0.05, 0.1) is 13.2 Å². The number of aromatic nitrogens is 3. The van der Waals surface area contributed by atoms with Crippen molar-refractivity contribution in [2.24, 2.45) is 0 Å². The smallest absolute Gasteiger partial charge is 0.160 e.